The molecule has 39 heavy (non-hydrogen) atoms. The molecule has 1 aliphatic carbocycles. The number of methoxy groups -OCH3 is 1. The topological polar surface area (TPSA) is 81.1 Å². The van der Waals surface area contributed by atoms with Gasteiger partial charge < -0.3 is 14.9 Å². The van der Waals surface area contributed by atoms with E-state index in [1.165, 1.54) is 36.1 Å². The molecule has 1 atom stereocenters. The number of aromatic nitrogens is 1. The monoisotopic (exact) mass is 544 g/mol. The number of fused-ring (bicyclic) bond motifs is 1. The van der Waals surface area contributed by atoms with E-state index in [0.717, 1.165) is 17.7 Å². The maximum atomic E-state index is 15.8. The van der Waals surface area contributed by atoms with Crippen molar-refractivity contribution in [2.24, 2.45) is 0 Å². The number of halogens is 4. The molecule has 3 N–H and O–H groups in total. The van der Waals surface area contributed by atoms with Crippen molar-refractivity contribution in [2.75, 3.05) is 20.7 Å². The molecule has 11 heteroatoms. The maximum Gasteiger partial charge on any atom is 0.278 e. The van der Waals surface area contributed by atoms with Gasteiger partial charge in [0.15, 0.2) is 5.82 Å². The number of ether oxygens (including phenoxy) is 1. The van der Waals surface area contributed by atoms with Gasteiger partial charge in [0, 0.05) is 29.9 Å². The number of β-amino-alcohol motifs (C(OH)–C–C–N with tert-alkyl or cyclic N) is 1. The number of pyridine rings is 1. The molecule has 0 radical (unpaired) electrons. The van der Waals surface area contributed by atoms with Crippen LogP contribution in [0.4, 0.5) is 17.6 Å². The van der Waals surface area contributed by atoms with Crippen molar-refractivity contribution in [1.82, 2.24) is 20.5 Å². The number of aliphatic hydroxyl groups is 2. The van der Waals surface area contributed by atoms with Crippen molar-refractivity contribution in [1.29, 1.82) is 0 Å². The number of hydrogen-bond donors (Lipinski definition) is 3. The molecule has 3 aromatic rings. The molecule has 0 saturated carbocycles. The highest BCUT2D eigenvalue weighted by molar-refractivity contribution is 5.66. The molecule has 2 aromatic carbocycles. The van der Waals surface area contributed by atoms with Crippen LogP contribution in [0.2, 0.25) is 0 Å². The van der Waals surface area contributed by atoms with Gasteiger partial charge in [0.2, 0.25) is 0 Å². The largest absolute Gasteiger partial charge is 0.497 e. The molecule has 0 amide bonds. The molecule has 5 rings (SSSR count). The van der Waals surface area contributed by atoms with Gasteiger partial charge in [0.25, 0.3) is 5.92 Å². The average Bonchev–Trinajstić information content (AvgIpc) is 3.31. The van der Waals surface area contributed by atoms with Gasteiger partial charge in [0.1, 0.15) is 22.9 Å². The molecule has 0 unspecified atom stereocenters. The Balaban J connectivity index is 1.62. The fourth-order valence-corrected chi connectivity index (χ4v) is 5.15. The van der Waals surface area contributed by atoms with Crippen LogP contribution < -0.4 is 10.2 Å². The first kappa shape index (κ1) is 26.9. The summed E-state index contributed by atoms with van der Waals surface area (Å²) >= 11 is 0. The number of nitrogens with one attached hydrogen (secondary N) is 1. The first-order valence-electron chi connectivity index (χ1n) is 12.2. The van der Waals surface area contributed by atoms with Gasteiger partial charge in [-0.05, 0) is 50.2 Å². The summed E-state index contributed by atoms with van der Waals surface area (Å²) in [6.07, 6.45) is 0.564. The van der Waals surface area contributed by atoms with Crippen molar-refractivity contribution in [3.05, 3.63) is 88.7 Å². The molecule has 0 spiro atoms. The highest BCUT2D eigenvalue weighted by Crippen LogP contribution is 2.54. The highest BCUT2D eigenvalue weighted by Gasteiger charge is 2.58. The summed E-state index contributed by atoms with van der Waals surface area (Å²) < 4.78 is 65.8. The number of hydrogen-bond acceptors (Lipinski definition) is 7. The molecule has 1 aromatic heterocycles. The average molecular weight is 545 g/mol. The number of alkyl halides is 2. The van der Waals surface area contributed by atoms with Crippen LogP contribution in [-0.2, 0) is 17.1 Å². The minimum atomic E-state index is -3.69. The summed E-state index contributed by atoms with van der Waals surface area (Å²) in [5, 5.41) is 25.6. The second-order valence-electron chi connectivity index (χ2n) is 10.4. The molecule has 0 fully saturated rings. The summed E-state index contributed by atoms with van der Waals surface area (Å²) in [5.74, 6) is -4.80. The Labute approximate surface area is 222 Å². The first-order chi connectivity index (χ1) is 18.2. The van der Waals surface area contributed by atoms with E-state index >= 15 is 13.2 Å². The Kier molecular flexibility index (Phi) is 6.36. The maximum absolute atomic E-state index is 15.8. The summed E-state index contributed by atoms with van der Waals surface area (Å²) in [5.41, 5.74) is -1.99. The zero-order valence-corrected chi connectivity index (χ0v) is 21.8. The molecule has 7 nitrogen and oxygen atoms in total. The van der Waals surface area contributed by atoms with Crippen LogP contribution in [0.5, 0.6) is 5.75 Å². The number of rotatable bonds is 6. The van der Waals surface area contributed by atoms with E-state index in [0.29, 0.717) is 11.4 Å². The molecule has 2 aliphatic rings. The standard InChI is InChI=1S/C28H28F4N4O3/c1-26(2,37)21-22-25(33-24(23(21)30)16-8-10-18(29)11-9-16)27(38,14-28(22,31)32)15-36-13-20(34-35(36)3)17-6-5-7-19(12-17)39-4/h5-13,34,37-38H,14-15H2,1-4H3/t27-/m0/s1. The normalized spacial score (nSPS) is 20.6. The van der Waals surface area contributed by atoms with Crippen molar-refractivity contribution >= 4 is 5.70 Å². The van der Waals surface area contributed by atoms with Gasteiger partial charge in [0.05, 0.1) is 42.6 Å². The van der Waals surface area contributed by atoms with Crippen LogP contribution in [0.15, 0.2) is 54.7 Å². The third kappa shape index (κ3) is 4.70. The molecular weight excluding hydrogens is 516 g/mol. The lowest BCUT2D eigenvalue weighted by atomic mass is 9.89. The van der Waals surface area contributed by atoms with E-state index in [1.54, 1.807) is 38.6 Å². The minimum Gasteiger partial charge on any atom is -0.497 e. The van der Waals surface area contributed by atoms with E-state index in [4.69, 9.17) is 4.74 Å². The Morgan fingerprint density at radius 3 is 2.44 bits per heavy atom. The summed E-state index contributed by atoms with van der Waals surface area (Å²) in [4.78, 5) is 4.20. The van der Waals surface area contributed by atoms with Gasteiger partial charge in [-0.1, -0.05) is 12.1 Å². The first-order valence-corrected chi connectivity index (χ1v) is 12.2. The lowest BCUT2D eigenvalue weighted by Gasteiger charge is -2.32. The third-order valence-corrected chi connectivity index (χ3v) is 6.94. The molecule has 0 saturated heterocycles. The third-order valence-electron chi connectivity index (χ3n) is 6.94. The van der Waals surface area contributed by atoms with Gasteiger partial charge in [-0.2, -0.15) is 0 Å². The summed E-state index contributed by atoms with van der Waals surface area (Å²) in [7, 11) is 3.19. The number of hydrazine groups is 2. The summed E-state index contributed by atoms with van der Waals surface area (Å²) in [6.45, 7) is 2.02. The van der Waals surface area contributed by atoms with Crippen LogP contribution in [0, 0.1) is 11.6 Å². The van der Waals surface area contributed by atoms with Crippen molar-refractivity contribution in [3.63, 3.8) is 0 Å². The van der Waals surface area contributed by atoms with Gasteiger partial charge in [-0.3, -0.25) is 10.4 Å². The number of nitrogens with zero attached hydrogens (tertiary/aromatic N) is 3. The van der Waals surface area contributed by atoms with Crippen molar-refractivity contribution in [3.8, 4) is 17.0 Å². The van der Waals surface area contributed by atoms with E-state index < -0.39 is 52.0 Å². The van der Waals surface area contributed by atoms with Gasteiger partial charge >= 0.3 is 0 Å². The van der Waals surface area contributed by atoms with Crippen molar-refractivity contribution < 1.29 is 32.5 Å². The fourth-order valence-electron chi connectivity index (χ4n) is 5.15. The van der Waals surface area contributed by atoms with Crippen LogP contribution in [0.1, 0.15) is 42.7 Å². The predicted octanol–water partition coefficient (Wildman–Crippen LogP) is 4.61. The zero-order chi connectivity index (χ0) is 28.3. The minimum absolute atomic E-state index is 0.111. The number of benzene rings is 2. The van der Waals surface area contributed by atoms with Crippen LogP contribution in [-0.4, -0.2) is 46.0 Å². The van der Waals surface area contributed by atoms with Crippen LogP contribution >= 0.6 is 0 Å². The molecule has 206 valence electrons. The van der Waals surface area contributed by atoms with E-state index in [2.05, 4.69) is 10.4 Å². The Bertz CT molecular complexity index is 1460. The second-order valence-corrected chi connectivity index (χ2v) is 10.4. The lowest BCUT2D eigenvalue weighted by molar-refractivity contribution is -0.105. The highest BCUT2D eigenvalue weighted by atomic mass is 19.3. The smallest absolute Gasteiger partial charge is 0.278 e. The second kappa shape index (κ2) is 9.22. The Morgan fingerprint density at radius 1 is 1.10 bits per heavy atom. The Hall–Kier alpha value is -3.67. The molecule has 2 heterocycles. The van der Waals surface area contributed by atoms with Crippen LogP contribution in [0.3, 0.4) is 0 Å². The Morgan fingerprint density at radius 2 is 1.79 bits per heavy atom. The van der Waals surface area contributed by atoms with E-state index in [-0.39, 0.29) is 17.8 Å². The van der Waals surface area contributed by atoms with Gasteiger partial charge in [-0.15, -0.1) is 5.12 Å². The van der Waals surface area contributed by atoms with Crippen LogP contribution in [0.25, 0.3) is 17.0 Å². The summed E-state index contributed by atoms with van der Waals surface area (Å²) in [6, 6.07) is 11.9. The van der Waals surface area contributed by atoms with Crippen molar-refractivity contribution in [2.45, 2.75) is 37.4 Å². The molecule has 1 aliphatic heterocycles. The van der Waals surface area contributed by atoms with E-state index in [1.807, 2.05) is 6.07 Å². The fraction of sp³-hybridized carbons (Fsp3) is 0.321. The zero-order valence-electron chi connectivity index (χ0n) is 21.8. The SMILES string of the molecule is COc1cccc(C2=CN(C[C@@]3(O)CC(F)(F)c4c3nc(-c3ccc(F)cc3)c(F)c4C(C)(C)O)N(C)N2)c1. The quantitative estimate of drug-likeness (QED) is 0.391. The van der Waals surface area contributed by atoms with E-state index in [9.17, 15) is 14.6 Å². The lowest BCUT2D eigenvalue weighted by Crippen LogP contribution is -2.46. The molecule has 0 bridgehead atoms. The molecular formula is C28H28F4N4O3. The van der Waals surface area contributed by atoms with Gasteiger partial charge in [-0.25, -0.2) is 22.5 Å². The predicted molar refractivity (Wildman–Crippen MR) is 136 cm³/mol.